The van der Waals surface area contributed by atoms with Crippen molar-refractivity contribution in [1.82, 2.24) is 0 Å². The van der Waals surface area contributed by atoms with E-state index in [0.29, 0.717) is 6.61 Å². The molecule has 0 radical (unpaired) electrons. The second-order valence-corrected chi connectivity index (χ2v) is 3.86. The molecule has 0 N–H and O–H groups in total. The molecule has 17 heavy (non-hydrogen) atoms. The summed E-state index contributed by atoms with van der Waals surface area (Å²) in [5, 5.41) is 0. The molecule has 1 aromatic carbocycles. The van der Waals surface area contributed by atoms with E-state index in [2.05, 4.69) is 13.0 Å². The van der Waals surface area contributed by atoms with Gasteiger partial charge in [0.25, 0.3) is 0 Å². The maximum atomic E-state index is 5.88. The monoisotopic (exact) mass is 234 g/mol. The van der Waals surface area contributed by atoms with Crippen molar-refractivity contribution in [2.24, 2.45) is 0 Å². The molecule has 0 aliphatic carbocycles. The maximum Gasteiger partial charge on any atom is 0.223 e. The summed E-state index contributed by atoms with van der Waals surface area (Å²) in [6.07, 6.45) is 2.76. The molecule has 1 aromatic rings. The predicted molar refractivity (Wildman–Crippen MR) is 67.3 cm³/mol. The summed E-state index contributed by atoms with van der Waals surface area (Å²) < 4.78 is 16.8. The molecule has 1 heterocycles. The topological polar surface area (TPSA) is 27.7 Å². The van der Waals surface area contributed by atoms with Crippen LogP contribution in [0.3, 0.4) is 0 Å². The van der Waals surface area contributed by atoms with Crippen LogP contribution in [0, 0.1) is 0 Å². The average Bonchev–Trinajstić information content (AvgIpc) is 2.37. The lowest BCUT2D eigenvalue weighted by Gasteiger charge is -2.27. The molecule has 0 fully saturated rings. The first-order chi connectivity index (χ1) is 8.30. The van der Waals surface area contributed by atoms with Crippen LogP contribution >= 0.6 is 0 Å². The molecule has 0 unspecified atom stereocenters. The summed E-state index contributed by atoms with van der Waals surface area (Å²) >= 11 is 0. The summed E-state index contributed by atoms with van der Waals surface area (Å²) in [7, 11) is 1.65. The van der Waals surface area contributed by atoms with Crippen molar-refractivity contribution in [3.05, 3.63) is 29.3 Å². The standard InChI is InChI=1S/C14H18O3/c1-4-10-9-11-7-6-8-12(15-3)13(11)17-14(10)16-5-2/h6-9,14H,4-5H2,1-3H3/t14-/m0/s1. The van der Waals surface area contributed by atoms with Crippen LogP contribution in [0.5, 0.6) is 11.5 Å². The molecular formula is C14H18O3. The van der Waals surface area contributed by atoms with Gasteiger partial charge in [-0.25, -0.2) is 0 Å². The van der Waals surface area contributed by atoms with Crippen molar-refractivity contribution in [2.75, 3.05) is 13.7 Å². The van der Waals surface area contributed by atoms with Gasteiger partial charge < -0.3 is 14.2 Å². The van der Waals surface area contributed by atoms with E-state index in [9.17, 15) is 0 Å². The van der Waals surface area contributed by atoms with Crippen molar-refractivity contribution in [3.8, 4) is 11.5 Å². The molecule has 2 rings (SSSR count). The van der Waals surface area contributed by atoms with Gasteiger partial charge in [-0.15, -0.1) is 0 Å². The number of para-hydroxylation sites is 1. The Morgan fingerprint density at radius 3 is 2.76 bits per heavy atom. The van der Waals surface area contributed by atoms with Crippen LogP contribution in [-0.2, 0) is 4.74 Å². The molecule has 0 saturated heterocycles. The zero-order valence-electron chi connectivity index (χ0n) is 10.5. The molecule has 3 nitrogen and oxygen atoms in total. The minimum Gasteiger partial charge on any atom is -0.493 e. The van der Waals surface area contributed by atoms with E-state index in [1.54, 1.807) is 7.11 Å². The fourth-order valence-corrected chi connectivity index (χ4v) is 1.94. The van der Waals surface area contributed by atoms with Gasteiger partial charge in [-0.2, -0.15) is 0 Å². The molecule has 1 aliphatic rings. The highest BCUT2D eigenvalue weighted by Gasteiger charge is 2.24. The third-order valence-electron chi connectivity index (χ3n) is 2.82. The molecule has 1 aliphatic heterocycles. The quantitative estimate of drug-likeness (QED) is 0.800. The Bertz CT molecular complexity index is 423. The van der Waals surface area contributed by atoms with Gasteiger partial charge in [0.15, 0.2) is 11.5 Å². The number of fused-ring (bicyclic) bond motifs is 1. The highest BCUT2D eigenvalue weighted by atomic mass is 16.7. The third-order valence-corrected chi connectivity index (χ3v) is 2.82. The number of ether oxygens (including phenoxy) is 3. The van der Waals surface area contributed by atoms with Gasteiger partial charge >= 0.3 is 0 Å². The summed E-state index contributed by atoms with van der Waals surface area (Å²) in [6, 6.07) is 5.88. The first-order valence-electron chi connectivity index (χ1n) is 5.95. The summed E-state index contributed by atoms with van der Waals surface area (Å²) in [5.74, 6) is 1.52. The van der Waals surface area contributed by atoms with Crippen molar-refractivity contribution in [1.29, 1.82) is 0 Å². The van der Waals surface area contributed by atoms with E-state index >= 15 is 0 Å². The first kappa shape index (κ1) is 12.0. The fraction of sp³-hybridized carbons (Fsp3) is 0.429. The lowest BCUT2D eigenvalue weighted by molar-refractivity contribution is -0.0524. The second-order valence-electron chi connectivity index (χ2n) is 3.86. The Hall–Kier alpha value is -1.48. The highest BCUT2D eigenvalue weighted by Crippen LogP contribution is 2.38. The van der Waals surface area contributed by atoms with Crippen molar-refractivity contribution in [3.63, 3.8) is 0 Å². The molecule has 0 saturated carbocycles. The van der Waals surface area contributed by atoms with Crippen molar-refractivity contribution >= 4 is 6.08 Å². The van der Waals surface area contributed by atoms with E-state index in [1.165, 1.54) is 0 Å². The van der Waals surface area contributed by atoms with Gasteiger partial charge in [0.1, 0.15) is 0 Å². The van der Waals surface area contributed by atoms with Gasteiger partial charge in [-0.1, -0.05) is 19.1 Å². The van der Waals surface area contributed by atoms with E-state index in [1.807, 2.05) is 25.1 Å². The zero-order chi connectivity index (χ0) is 12.3. The Labute approximate surface area is 102 Å². The fourth-order valence-electron chi connectivity index (χ4n) is 1.94. The smallest absolute Gasteiger partial charge is 0.223 e. The van der Waals surface area contributed by atoms with E-state index < -0.39 is 0 Å². The SMILES string of the molecule is CCO[C@H]1Oc2c(cccc2OC)C=C1CC. The molecule has 3 heteroatoms. The normalized spacial score (nSPS) is 18.1. The van der Waals surface area contributed by atoms with E-state index in [0.717, 1.165) is 29.1 Å². The van der Waals surface area contributed by atoms with Gasteiger partial charge in [-0.3, -0.25) is 0 Å². The molecule has 1 atom stereocenters. The lowest BCUT2D eigenvalue weighted by atomic mass is 10.0. The van der Waals surface area contributed by atoms with Crippen LogP contribution in [0.25, 0.3) is 6.08 Å². The minimum absolute atomic E-state index is 0.284. The summed E-state index contributed by atoms with van der Waals surface area (Å²) in [4.78, 5) is 0. The number of hydrogen-bond donors (Lipinski definition) is 0. The molecule has 0 amide bonds. The lowest BCUT2D eigenvalue weighted by Crippen LogP contribution is -2.26. The Kier molecular flexibility index (Phi) is 3.69. The van der Waals surface area contributed by atoms with Crippen molar-refractivity contribution < 1.29 is 14.2 Å². The van der Waals surface area contributed by atoms with Crippen LogP contribution in [-0.4, -0.2) is 20.0 Å². The predicted octanol–water partition coefficient (Wildman–Crippen LogP) is 3.24. The van der Waals surface area contributed by atoms with Gasteiger partial charge in [-0.05, 0) is 31.1 Å². The van der Waals surface area contributed by atoms with Crippen LogP contribution in [0.1, 0.15) is 25.8 Å². The van der Waals surface area contributed by atoms with Gasteiger partial charge in [0.2, 0.25) is 6.29 Å². The number of methoxy groups -OCH3 is 1. The summed E-state index contributed by atoms with van der Waals surface area (Å²) in [6.45, 7) is 4.70. The van der Waals surface area contributed by atoms with E-state index in [4.69, 9.17) is 14.2 Å². The third kappa shape index (κ3) is 2.29. The Morgan fingerprint density at radius 2 is 2.12 bits per heavy atom. The number of hydrogen-bond acceptors (Lipinski definition) is 3. The Morgan fingerprint density at radius 1 is 1.29 bits per heavy atom. The molecule has 92 valence electrons. The maximum absolute atomic E-state index is 5.88. The molecular weight excluding hydrogens is 216 g/mol. The van der Waals surface area contributed by atoms with Crippen LogP contribution < -0.4 is 9.47 Å². The van der Waals surface area contributed by atoms with Crippen molar-refractivity contribution in [2.45, 2.75) is 26.6 Å². The first-order valence-corrected chi connectivity index (χ1v) is 5.95. The zero-order valence-corrected chi connectivity index (χ0v) is 10.5. The minimum atomic E-state index is -0.284. The van der Waals surface area contributed by atoms with E-state index in [-0.39, 0.29) is 6.29 Å². The van der Waals surface area contributed by atoms with Crippen LogP contribution in [0.2, 0.25) is 0 Å². The van der Waals surface area contributed by atoms with Gasteiger partial charge in [0, 0.05) is 12.2 Å². The van der Waals surface area contributed by atoms with Crippen LogP contribution in [0.15, 0.2) is 23.8 Å². The van der Waals surface area contributed by atoms with Gasteiger partial charge in [0.05, 0.1) is 7.11 Å². The number of benzene rings is 1. The largest absolute Gasteiger partial charge is 0.493 e. The molecule has 0 bridgehead atoms. The molecule has 0 spiro atoms. The Balaban J connectivity index is 2.39. The second kappa shape index (κ2) is 5.23. The summed E-state index contributed by atoms with van der Waals surface area (Å²) in [5.41, 5.74) is 2.21. The average molecular weight is 234 g/mol. The highest BCUT2D eigenvalue weighted by molar-refractivity contribution is 5.66. The number of rotatable bonds is 4. The molecule has 0 aromatic heterocycles. The van der Waals surface area contributed by atoms with Crippen LogP contribution in [0.4, 0.5) is 0 Å².